The van der Waals surface area contributed by atoms with Crippen molar-refractivity contribution in [3.63, 3.8) is 0 Å². The van der Waals surface area contributed by atoms with E-state index in [-0.39, 0.29) is 18.1 Å². The number of amides is 2. The number of benzene rings is 2. The summed E-state index contributed by atoms with van der Waals surface area (Å²) < 4.78 is 11.0. The fraction of sp³-hybridized carbons (Fsp3) is 0.261. The van der Waals surface area contributed by atoms with Crippen LogP contribution in [0.5, 0.6) is 5.75 Å². The Bertz CT molecular complexity index is 942. The fourth-order valence-electron chi connectivity index (χ4n) is 2.75. The van der Waals surface area contributed by atoms with Gasteiger partial charge in [0.25, 0.3) is 11.1 Å². The number of imide groups is 1. The van der Waals surface area contributed by atoms with Gasteiger partial charge in [0.05, 0.1) is 11.5 Å². The van der Waals surface area contributed by atoms with E-state index in [2.05, 4.69) is 0 Å². The van der Waals surface area contributed by atoms with Crippen molar-refractivity contribution in [3.8, 4) is 5.75 Å². The molecule has 0 atom stereocenters. The zero-order valence-corrected chi connectivity index (χ0v) is 17.5. The third-order valence-electron chi connectivity index (χ3n) is 4.36. The molecule has 156 valence electrons. The Morgan fingerprint density at radius 1 is 1.07 bits per heavy atom. The minimum Gasteiger partial charge on any atom is -0.488 e. The quantitative estimate of drug-likeness (QED) is 0.331. The molecule has 0 bridgehead atoms. The predicted octanol–water partition coefficient (Wildman–Crippen LogP) is 4.65. The zero-order chi connectivity index (χ0) is 21.3. The molecule has 0 unspecified atom stereocenters. The molecule has 1 aliphatic rings. The van der Waals surface area contributed by atoms with Gasteiger partial charge in [0.1, 0.15) is 18.9 Å². The first-order valence-electron chi connectivity index (χ1n) is 9.75. The Balaban J connectivity index is 1.69. The van der Waals surface area contributed by atoms with Crippen molar-refractivity contribution in [2.24, 2.45) is 0 Å². The molecule has 1 fully saturated rings. The first kappa shape index (κ1) is 21.6. The Morgan fingerprint density at radius 2 is 1.80 bits per heavy atom. The number of rotatable bonds is 9. The van der Waals surface area contributed by atoms with Crippen molar-refractivity contribution >= 4 is 35.0 Å². The van der Waals surface area contributed by atoms with E-state index in [0.29, 0.717) is 17.9 Å². The predicted molar refractivity (Wildman–Crippen MR) is 116 cm³/mol. The molecule has 1 saturated heterocycles. The van der Waals surface area contributed by atoms with Gasteiger partial charge in [-0.2, -0.15) is 0 Å². The molecule has 0 radical (unpaired) electrons. The molecule has 0 saturated carbocycles. The lowest BCUT2D eigenvalue weighted by atomic mass is 10.1. The van der Waals surface area contributed by atoms with Gasteiger partial charge in [-0.15, -0.1) is 0 Å². The standard InChI is InChI=1S/C23H23NO5S/c1-2-3-13-28-21(25)15-24-22(26)20(30-23(24)27)14-18-11-7-8-12-19(18)29-16-17-9-5-4-6-10-17/h4-12,14H,2-3,13,15-16H2,1H3/b20-14+. The third kappa shape index (κ3) is 5.73. The van der Waals surface area contributed by atoms with Crippen LogP contribution in [0.2, 0.25) is 0 Å². The molecule has 1 heterocycles. The molecule has 30 heavy (non-hydrogen) atoms. The molecule has 0 N–H and O–H groups in total. The summed E-state index contributed by atoms with van der Waals surface area (Å²) in [5.41, 5.74) is 1.71. The first-order valence-corrected chi connectivity index (χ1v) is 10.6. The molecule has 2 aromatic carbocycles. The van der Waals surface area contributed by atoms with E-state index in [1.165, 1.54) is 0 Å². The van der Waals surface area contributed by atoms with E-state index in [1.54, 1.807) is 6.08 Å². The highest BCUT2D eigenvalue weighted by Crippen LogP contribution is 2.34. The average Bonchev–Trinajstić information content (AvgIpc) is 3.01. The minimum absolute atomic E-state index is 0.247. The lowest BCUT2D eigenvalue weighted by molar-refractivity contribution is -0.146. The summed E-state index contributed by atoms with van der Waals surface area (Å²) in [5, 5.41) is -0.485. The van der Waals surface area contributed by atoms with Gasteiger partial charge in [-0.05, 0) is 35.9 Å². The molecule has 7 heteroatoms. The van der Waals surface area contributed by atoms with Gasteiger partial charge in [0.2, 0.25) is 0 Å². The van der Waals surface area contributed by atoms with Gasteiger partial charge in [-0.3, -0.25) is 19.3 Å². The van der Waals surface area contributed by atoms with Crippen LogP contribution in [0.25, 0.3) is 6.08 Å². The van der Waals surface area contributed by atoms with Crippen LogP contribution < -0.4 is 4.74 Å². The number of hydrogen-bond donors (Lipinski definition) is 0. The number of thioether (sulfide) groups is 1. The monoisotopic (exact) mass is 425 g/mol. The topological polar surface area (TPSA) is 72.9 Å². The van der Waals surface area contributed by atoms with Crippen LogP contribution in [0.3, 0.4) is 0 Å². The van der Waals surface area contributed by atoms with E-state index < -0.39 is 17.1 Å². The van der Waals surface area contributed by atoms with Crippen LogP contribution >= 0.6 is 11.8 Å². The average molecular weight is 426 g/mol. The number of carbonyl (C=O) groups is 3. The summed E-state index contributed by atoms with van der Waals surface area (Å²) in [7, 11) is 0. The van der Waals surface area contributed by atoms with Crippen molar-refractivity contribution in [1.29, 1.82) is 0 Å². The van der Waals surface area contributed by atoms with Crippen molar-refractivity contribution in [3.05, 3.63) is 70.6 Å². The number of esters is 1. The summed E-state index contributed by atoms with van der Waals surface area (Å²) >= 11 is 0.805. The summed E-state index contributed by atoms with van der Waals surface area (Å²) in [4.78, 5) is 37.9. The molecule has 3 rings (SSSR count). The van der Waals surface area contributed by atoms with Crippen molar-refractivity contribution in [2.75, 3.05) is 13.2 Å². The van der Waals surface area contributed by atoms with Gasteiger partial charge in [-0.1, -0.05) is 61.9 Å². The van der Waals surface area contributed by atoms with E-state index in [9.17, 15) is 14.4 Å². The van der Waals surface area contributed by atoms with E-state index in [4.69, 9.17) is 9.47 Å². The highest BCUT2D eigenvalue weighted by Gasteiger charge is 2.36. The van der Waals surface area contributed by atoms with E-state index in [0.717, 1.165) is 35.1 Å². The van der Waals surface area contributed by atoms with Gasteiger partial charge >= 0.3 is 5.97 Å². The molecule has 0 aliphatic carbocycles. The van der Waals surface area contributed by atoms with E-state index in [1.807, 2.05) is 61.5 Å². The molecule has 6 nitrogen and oxygen atoms in total. The lowest BCUT2D eigenvalue weighted by Crippen LogP contribution is -2.34. The SMILES string of the molecule is CCCCOC(=O)CN1C(=O)S/C(=C/c2ccccc2OCc2ccccc2)C1=O. The molecular formula is C23H23NO5S. The number of hydrogen-bond acceptors (Lipinski definition) is 6. The second-order valence-electron chi connectivity index (χ2n) is 6.65. The van der Waals surface area contributed by atoms with E-state index >= 15 is 0 Å². The van der Waals surface area contributed by atoms with Crippen LogP contribution in [0.15, 0.2) is 59.5 Å². The molecule has 2 aromatic rings. The normalized spacial score (nSPS) is 15.0. The van der Waals surface area contributed by atoms with Crippen molar-refractivity contribution < 1.29 is 23.9 Å². The molecule has 0 spiro atoms. The highest BCUT2D eigenvalue weighted by molar-refractivity contribution is 8.18. The maximum Gasteiger partial charge on any atom is 0.326 e. The molecule has 0 aromatic heterocycles. The highest BCUT2D eigenvalue weighted by atomic mass is 32.2. The fourth-order valence-corrected chi connectivity index (χ4v) is 3.58. The van der Waals surface area contributed by atoms with Crippen LogP contribution in [0, 0.1) is 0 Å². The Morgan fingerprint density at radius 3 is 2.57 bits per heavy atom. The second-order valence-corrected chi connectivity index (χ2v) is 7.65. The maximum atomic E-state index is 12.6. The number of nitrogens with zero attached hydrogens (tertiary/aromatic N) is 1. The number of ether oxygens (including phenoxy) is 2. The Labute approximate surface area is 179 Å². The lowest BCUT2D eigenvalue weighted by Gasteiger charge is -2.12. The number of unbranched alkanes of at least 4 members (excludes halogenated alkanes) is 1. The number of carbonyl (C=O) groups excluding carboxylic acids is 3. The van der Waals surface area contributed by atoms with Gasteiger partial charge in [-0.25, -0.2) is 0 Å². The van der Waals surface area contributed by atoms with Crippen molar-refractivity contribution in [1.82, 2.24) is 4.90 Å². The van der Waals surface area contributed by atoms with Gasteiger partial charge in [0.15, 0.2) is 0 Å². The third-order valence-corrected chi connectivity index (χ3v) is 5.27. The smallest absolute Gasteiger partial charge is 0.326 e. The van der Waals surface area contributed by atoms with Gasteiger partial charge < -0.3 is 9.47 Å². The Kier molecular flexibility index (Phi) is 7.68. The molecular weight excluding hydrogens is 402 g/mol. The minimum atomic E-state index is -0.585. The van der Waals surface area contributed by atoms with Crippen LogP contribution in [0.1, 0.15) is 30.9 Å². The van der Waals surface area contributed by atoms with Gasteiger partial charge in [0, 0.05) is 5.56 Å². The Hall–Kier alpha value is -3.06. The summed E-state index contributed by atoms with van der Waals surface area (Å²) in [6, 6.07) is 17.0. The number of para-hydroxylation sites is 1. The summed E-state index contributed by atoms with van der Waals surface area (Å²) in [6.07, 6.45) is 3.25. The van der Waals surface area contributed by atoms with Crippen LogP contribution in [-0.2, 0) is 20.9 Å². The maximum absolute atomic E-state index is 12.6. The first-order chi connectivity index (χ1) is 14.6. The van der Waals surface area contributed by atoms with Crippen molar-refractivity contribution in [2.45, 2.75) is 26.4 Å². The largest absolute Gasteiger partial charge is 0.488 e. The zero-order valence-electron chi connectivity index (χ0n) is 16.7. The second kappa shape index (κ2) is 10.6. The molecule has 1 aliphatic heterocycles. The molecule has 2 amide bonds. The van der Waals surface area contributed by atoms with Crippen LogP contribution in [0.4, 0.5) is 4.79 Å². The summed E-state index contributed by atoms with van der Waals surface area (Å²) in [5.74, 6) is -0.485. The summed E-state index contributed by atoms with van der Waals surface area (Å²) in [6.45, 7) is 2.28. The van der Waals surface area contributed by atoms with Crippen LogP contribution in [-0.4, -0.2) is 35.2 Å².